The van der Waals surface area contributed by atoms with Gasteiger partial charge in [-0.3, -0.25) is 4.79 Å². The van der Waals surface area contributed by atoms with Crippen molar-refractivity contribution in [3.63, 3.8) is 0 Å². The number of hydrogen-bond donors (Lipinski definition) is 1. The van der Waals surface area contributed by atoms with Crippen molar-refractivity contribution in [1.82, 2.24) is 10.2 Å². The van der Waals surface area contributed by atoms with Crippen LogP contribution in [-0.2, 0) is 9.84 Å². The average Bonchev–Trinajstić information content (AvgIpc) is 2.67. The van der Waals surface area contributed by atoms with Crippen molar-refractivity contribution in [1.29, 1.82) is 0 Å². The molecule has 6 nitrogen and oxygen atoms in total. The molecular formula is C20H26N2O4S. The Bertz CT molecular complexity index is 894. The molecule has 0 bridgehead atoms. The van der Waals surface area contributed by atoms with Gasteiger partial charge in [0.15, 0.2) is 9.84 Å². The predicted octanol–water partition coefficient (Wildman–Crippen LogP) is 2.52. The molecule has 2 aromatic rings. The molecule has 0 saturated heterocycles. The van der Waals surface area contributed by atoms with Crippen LogP contribution in [0.4, 0.5) is 0 Å². The molecule has 146 valence electrons. The largest absolute Gasteiger partial charge is 0.497 e. The van der Waals surface area contributed by atoms with Crippen LogP contribution in [0.5, 0.6) is 5.75 Å². The summed E-state index contributed by atoms with van der Waals surface area (Å²) in [5.41, 5.74) is 1.16. The number of amides is 1. The summed E-state index contributed by atoms with van der Waals surface area (Å²) in [5.74, 6) is 0.281. The topological polar surface area (TPSA) is 75.7 Å². The predicted molar refractivity (Wildman–Crippen MR) is 106 cm³/mol. The van der Waals surface area contributed by atoms with Crippen LogP contribution >= 0.6 is 0 Å². The second-order valence-corrected chi connectivity index (χ2v) is 8.61. The smallest absolute Gasteiger partial charge is 0.252 e. The Kier molecular flexibility index (Phi) is 6.98. The Morgan fingerprint density at radius 1 is 1.15 bits per heavy atom. The number of nitrogens with one attached hydrogen (secondary N) is 1. The molecule has 1 N–H and O–H groups in total. The van der Waals surface area contributed by atoms with Gasteiger partial charge in [0.25, 0.3) is 5.91 Å². The van der Waals surface area contributed by atoms with Gasteiger partial charge in [-0.2, -0.15) is 0 Å². The summed E-state index contributed by atoms with van der Waals surface area (Å²) >= 11 is 0. The monoisotopic (exact) mass is 390 g/mol. The van der Waals surface area contributed by atoms with Crippen molar-refractivity contribution >= 4 is 15.7 Å². The lowest BCUT2D eigenvalue weighted by molar-refractivity contribution is 0.0938. The summed E-state index contributed by atoms with van der Waals surface area (Å²) < 4.78 is 29.8. The standard InChI is InChI=1S/C20H26N2O4S/c1-5-27(24,25)19-12-7-6-11-17(19)20(23)21-14-18(22(2)3)15-9-8-10-16(13-15)26-4/h6-13,18H,5,14H2,1-4H3,(H,21,23)/t18-/m1/s1. The van der Waals surface area contributed by atoms with E-state index in [2.05, 4.69) is 5.32 Å². The molecule has 1 atom stereocenters. The van der Waals surface area contributed by atoms with Crippen LogP contribution in [0.1, 0.15) is 28.9 Å². The van der Waals surface area contributed by atoms with Gasteiger partial charge in [-0.25, -0.2) is 8.42 Å². The van der Waals surface area contributed by atoms with Crippen molar-refractivity contribution < 1.29 is 17.9 Å². The first-order chi connectivity index (χ1) is 12.8. The molecule has 0 saturated carbocycles. The van der Waals surface area contributed by atoms with Crippen molar-refractivity contribution in [2.24, 2.45) is 0 Å². The van der Waals surface area contributed by atoms with Crippen LogP contribution in [0.3, 0.4) is 0 Å². The van der Waals surface area contributed by atoms with E-state index in [-0.39, 0.29) is 22.3 Å². The number of carbonyl (C=O) groups is 1. The minimum absolute atomic E-state index is 0.0541. The molecule has 2 rings (SSSR count). The maximum Gasteiger partial charge on any atom is 0.252 e. The van der Waals surface area contributed by atoms with Gasteiger partial charge in [-0.15, -0.1) is 0 Å². The number of nitrogens with zero attached hydrogens (tertiary/aromatic N) is 1. The van der Waals surface area contributed by atoms with Gasteiger partial charge in [0.2, 0.25) is 0 Å². The number of likely N-dealkylation sites (N-methyl/N-ethyl adjacent to an activating group) is 1. The Morgan fingerprint density at radius 3 is 2.48 bits per heavy atom. The Morgan fingerprint density at radius 2 is 1.85 bits per heavy atom. The third-order valence-corrected chi connectivity index (χ3v) is 6.19. The number of sulfone groups is 1. The van der Waals surface area contributed by atoms with E-state index in [0.29, 0.717) is 6.54 Å². The Balaban J connectivity index is 2.23. The highest BCUT2D eigenvalue weighted by Crippen LogP contribution is 2.23. The fraction of sp³-hybridized carbons (Fsp3) is 0.350. The van der Waals surface area contributed by atoms with E-state index in [0.717, 1.165) is 11.3 Å². The van der Waals surface area contributed by atoms with Crippen molar-refractivity contribution in [2.75, 3.05) is 33.5 Å². The van der Waals surface area contributed by atoms with Gasteiger partial charge in [-0.1, -0.05) is 31.2 Å². The number of rotatable bonds is 8. The van der Waals surface area contributed by atoms with Crippen molar-refractivity contribution in [2.45, 2.75) is 17.9 Å². The van der Waals surface area contributed by atoms with Crippen molar-refractivity contribution in [3.05, 3.63) is 59.7 Å². The molecule has 27 heavy (non-hydrogen) atoms. The first-order valence-corrected chi connectivity index (χ1v) is 10.4. The first-order valence-electron chi connectivity index (χ1n) is 8.70. The minimum atomic E-state index is -3.48. The van der Waals surface area contributed by atoms with E-state index < -0.39 is 15.7 Å². The Hall–Kier alpha value is -2.38. The summed E-state index contributed by atoms with van der Waals surface area (Å²) in [6, 6.07) is 13.9. The second kappa shape index (κ2) is 9.01. The van der Waals surface area contributed by atoms with E-state index in [1.54, 1.807) is 26.2 Å². The first kappa shape index (κ1) is 20.9. The van der Waals surface area contributed by atoms with E-state index >= 15 is 0 Å². The van der Waals surface area contributed by atoms with E-state index in [4.69, 9.17) is 4.74 Å². The van der Waals surface area contributed by atoms with E-state index in [1.807, 2.05) is 43.3 Å². The van der Waals surface area contributed by atoms with Crippen molar-refractivity contribution in [3.8, 4) is 5.75 Å². The molecule has 0 fully saturated rings. The van der Waals surface area contributed by atoms with E-state index in [1.165, 1.54) is 12.1 Å². The zero-order valence-electron chi connectivity index (χ0n) is 16.1. The highest BCUT2D eigenvalue weighted by Gasteiger charge is 2.22. The lowest BCUT2D eigenvalue weighted by Gasteiger charge is -2.25. The lowest BCUT2D eigenvalue weighted by Crippen LogP contribution is -2.35. The van der Waals surface area contributed by atoms with Crippen LogP contribution in [0, 0.1) is 0 Å². The van der Waals surface area contributed by atoms with Gasteiger partial charge < -0.3 is 15.0 Å². The third-order valence-electron chi connectivity index (χ3n) is 4.40. The number of hydrogen-bond acceptors (Lipinski definition) is 5. The molecule has 0 aliphatic heterocycles. The molecule has 0 spiro atoms. The van der Waals surface area contributed by atoms with Crippen LogP contribution < -0.4 is 10.1 Å². The summed E-state index contributed by atoms with van der Waals surface area (Å²) in [7, 11) is 1.97. The van der Waals surface area contributed by atoms with Crippen LogP contribution in [0.15, 0.2) is 53.4 Å². The zero-order valence-corrected chi connectivity index (χ0v) is 16.9. The zero-order chi connectivity index (χ0) is 20.0. The highest BCUT2D eigenvalue weighted by atomic mass is 32.2. The molecule has 1 amide bonds. The molecule has 2 aromatic carbocycles. The van der Waals surface area contributed by atoms with Crippen LogP contribution in [0.2, 0.25) is 0 Å². The Labute approximate surface area is 161 Å². The number of benzene rings is 2. The van der Waals surface area contributed by atoms with Gasteiger partial charge in [0.05, 0.1) is 29.4 Å². The second-order valence-electron chi connectivity index (χ2n) is 6.37. The molecule has 0 radical (unpaired) electrons. The normalized spacial score (nSPS) is 12.6. The number of methoxy groups -OCH3 is 1. The summed E-state index contributed by atoms with van der Waals surface area (Å²) in [6.07, 6.45) is 0. The van der Waals surface area contributed by atoms with Gasteiger partial charge in [0.1, 0.15) is 5.75 Å². The molecule has 0 aliphatic rings. The molecular weight excluding hydrogens is 364 g/mol. The third kappa shape index (κ3) is 5.08. The minimum Gasteiger partial charge on any atom is -0.497 e. The average molecular weight is 391 g/mol. The maximum absolute atomic E-state index is 12.7. The number of ether oxygens (including phenoxy) is 1. The maximum atomic E-state index is 12.7. The fourth-order valence-corrected chi connectivity index (χ4v) is 3.91. The van der Waals surface area contributed by atoms with Gasteiger partial charge in [0, 0.05) is 6.54 Å². The SMILES string of the molecule is CCS(=O)(=O)c1ccccc1C(=O)NC[C@H](c1cccc(OC)c1)N(C)C. The number of carbonyl (C=O) groups excluding carboxylic acids is 1. The molecule has 0 aliphatic carbocycles. The molecule has 0 heterocycles. The van der Waals surface area contributed by atoms with Crippen LogP contribution in [0.25, 0.3) is 0 Å². The lowest BCUT2D eigenvalue weighted by atomic mass is 10.1. The van der Waals surface area contributed by atoms with Crippen LogP contribution in [-0.4, -0.2) is 52.7 Å². The summed E-state index contributed by atoms with van der Waals surface area (Å²) in [6.45, 7) is 1.90. The summed E-state index contributed by atoms with van der Waals surface area (Å²) in [5, 5.41) is 2.87. The quantitative estimate of drug-likeness (QED) is 0.750. The molecule has 0 unspecified atom stereocenters. The summed E-state index contributed by atoms with van der Waals surface area (Å²) in [4.78, 5) is 14.7. The van der Waals surface area contributed by atoms with Gasteiger partial charge >= 0.3 is 0 Å². The highest BCUT2D eigenvalue weighted by molar-refractivity contribution is 7.91. The van der Waals surface area contributed by atoms with E-state index in [9.17, 15) is 13.2 Å². The molecule has 7 heteroatoms. The molecule has 0 aromatic heterocycles. The fourth-order valence-electron chi connectivity index (χ4n) is 2.81. The van der Waals surface area contributed by atoms with Gasteiger partial charge in [-0.05, 0) is 43.9 Å².